The zero-order valence-corrected chi connectivity index (χ0v) is 14.4. The quantitative estimate of drug-likeness (QED) is 0.616. The molecule has 0 spiro atoms. The third-order valence-corrected chi connectivity index (χ3v) is 4.06. The van der Waals surface area contributed by atoms with E-state index in [-0.39, 0.29) is 0 Å². The maximum Gasteiger partial charge on any atom is 0.331 e. The Balaban J connectivity index is 1.90. The Morgan fingerprint density at radius 2 is 2.09 bits per heavy atom. The first kappa shape index (κ1) is 17.5. The molecule has 0 aliphatic carbocycles. The van der Waals surface area contributed by atoms with Gasteiger partial charge in [0.25, 0.3) is 5.91 Å². The van der Waals surface area contributed by atoms with Crippen LogP contribution < -0.4 is 5.32 Å². The Labute approximate surface area is 147 Å². The smallest absolute Gasteiger partial charge is 0.331 e. The molecule has 0 radical (unpaired) electrons. The number of esters is 1. The van der Waals surface area contributed by atoms with Crippen LogP contribution in [0.4, 0.5) is 5.69 Å². The number of ether oxygens (including phenoxy) is 1. The zero-order chi connectivity index (χ0) is 16.8. The van der Waals surface area contributed by atoms with Crippen molar-refractivity contribution in [3.63, 3.8) is 0 Å². The molecule has 0 fully saturated rings. The summed E-state index contributed by atoms with van der Waals surface area (Å²) in [6.07, 6.45) is 1.95. The van der Waals surface area contributed by atoms with Gasteiger partial charge in [0.1, 0.15) is 0 Å². The van der Waals surface area contributed by atoms with Gasteiger partial charge in [0.15, 0.2) is 6.10 Å². The van der Waals surface area contributed by atoms with E-state index in [1.165, 1.54) is 30.4 Å². The van der Waals surface area contributed by atoms with Crippen LogP contribution in [0.1, 0.15) is 12.5 Å². The van der Waals surface area contributed by atoms with Gasteiger partial charge in [-0.15, -0.1) is 0 Å². The lowest BCUT2D eigenvalue weighted by molar-refractivity contribution is -0.148. The molecule has 0 saturated carbocycles. The van der Waals surface area contributed by atoms with E-state index in [1.54, 1.807) is 18.2 Å². The van der Waals surface area contributed by atoms with Gasteiger partial charge in [-0.3, -0.25) is 4.79 Å². The number of halogens is 2. The number of carbonyl (C=O) groups is 2. The molecule has 1 heterocycles. The predicted molar refractivity (Wildman–Crippen MR) is 94.0 cm³/mol. The number of thiophene rings is 1. The van der Waals surface area contributed by atoms with Crippen molar-refractivity contribution < 1.29 is 14.3 Å². The van der Waals surface area contributed by atoms with Gasteiger partial charge in [-0.25, -0.2) is 4.79 Å². The second kappa shape index (κ2) is 8.15. The Morgan fingerprint density at radius 1 is 1.30 bits per heavy atom. The normalized spacial score (nSPS) is 12.1. The van der Waals surface area contributed by atoms with E-state index in [9.17, 15) is 9.59 Å². The van der Waals surface area contributed by atoms with Crippen LogP contribution in [0.25, 0.3) is 6.08 Å². The largest absolute Gasteiger partial charge is 0.449 e. The molecule has 0 unspecified atom stereocenters. The average molecular weight is 370 g/mol. The highest BCUT2D eigenvalue weighted by atomic mass is 35.5. The van der Waals surface area contributed by atoms with Gasteiger partial charge in [-0.1, -0.05) is 23.2 Å². The molecule has 2 rings (SSSR count). The summed E-state index contributed by atoms with van der Waals surface area (Å²) in [7, 11) is 0. The van der Waals surface area contributed by atoms with Crippen LogP contribution in [0.5, 0.6) is 0 Å². The zero-order valence-electron chi connectivity index (χ0n) is 12.1. The van der Waals surface area contributed by atoms with Gasteiger partial charge in [-0.05, 0) is 53.6 Å². The molecule has 120 valence electrons. The molecule has 23 heavy (non-hydrogen) atoms. The molecule has 7 heteroatoms. The van der Waals surface area contributed by atoms with Gasteiger partial charge in [0, 0.05) is 11.1 Å². The number of hydrogen-bond acceptors (Lipinski definition) is 4. The molecule has 0 aliphatic rings. The molecule has 4 nitrogen and oxygen atoms in total. The van der Waals surface area contributed by atoms with E-state index < -0.39 is 18.0 Å². The van der Waals surface area contributed by atoms with Crippen LogP contribution in [0.15, 0.2) is 41.1 Å². The molecule has 2 aromatic rings. The number of benzene rings is 1. The summed E-state index contributed by atoms with van der Waals surface area (Å²) in [6.45, 7) is 1.48. The number of amides is 1. The van der Waals surface area contributed by atoms with Gasteiger partial charge < -0.3 is 10.1 Å². The van der Waals surface area contributed by atoms with Crippen molar-refractivity contribution >= 4 is 58.2 Å². The van der Waals surface area contributed by atoms with Crippen molar-refractivity contribution in [1.82, 2.24) is 0 Å². The van der Waals surface area contributed by atoms with Crippen molar-refractivity contribution in [1.29, 1.82) is 0 Å². The summed E-state index contributed by atoms with van der Waals surface area (Å²) in [4.78, 5) is 23.7. The minimum atomic E-state index is -0.957. The molecule has 0 aliphatic heterocycles. The van der Waals surface area contributed by atoms with E-state index in [0.717, 1.165) is 5.56 Å². The Kier molecular flexibility index (Phi) is 6.21. The summed E-state index contributed by atoms with van der Waals surface area (Å²) in [5.41, 5.74) is 1.30. The van der Waals surface area contributed by atoms with E-state index >= 15 is 0 Å². The minimum absolute atomic E-state index is 0.307. The van der Waals surface area contributed by atoms with Crippen LogP contribution in [-0.4, -0.2) is 18.0 Å². The number of anilines is 1. The molecule has 0 bridgehead atoms. The van der Waals surface area contributed by atoms with Crippen LogP contribution >= 0.6 is 34.5 Å². The lowest BCUT2D eigenvalue weighted by Gasteiger charge is -2.13. The first-order valence-corrected chi connectivity index (χ1v) is 8.32. The maximum atomic E-state index is 12.0. The summed E-state index contributed by atoms with van der Waals surface area (Å²) in [5, 5.41) is 7.15. The third-order valence-electron chi connectivity index (χ3n) is 2.81. The summed E-state index contributed by atoms with van der Waals surface area (Å²) in [5.74, 6) is -1.08. The van der Waals surface area contributed by atoms with Gasteiger partial charge >= 0.3 is 5.97 Å². The van der Waals surface area contributed by atoms with Crippen LogP contribution in [0, 0.1) is 0 Å². The monoisotopic (exact) mass is 369 g/mol. The fraction of sp³-hybridized carbons (Fsp3) is 0.125. The second-order valence-electron chi connectivity index (χ2n) is 4.58. The van der Waals surface area contributed by atoms with Gasteiger partial charge in [0.05, 0.1) is 10.7 Å². The summed E-state index contributed by atoms with van der Waals surface area (Å²) < 4.78 is 5.04. The van der Waals surface area contributed by atoms with Crippen molar-refractivity contribution in [3.8, 4) is 0 Å². The number of carbonyl (C=O) groups excluding carboxylic acids is 2. The number of nitrogens with one attached hydrogen (secondary N) is 1. The van der Waals surface area contributed by atoms with Crippen molar-refractivity contribution in [2.75, 3.05) is 5.32 Å². The van der Waals surface area contributed by atoms with E-state index in [4.69, 9.17) is 27.9 Å². The highest BCUT2D eigenvalue weighted by molar-refractivity contribution is 7.08. The first-order chi connectivity index (χ1) is 11.0. The Morgan fingerprint density at radius 3 is 2.74 bits per heavy atom. The number of rotatable bonds is 5. The molecular formula is C16H13Cl2NO3S. The molecule has 0 saturated heterocycles. The minimum Gasteiger partial charge on any atom is -0.449 e. The second-order valence-corrected chi connectivity index (χ2v) is 6.21. The fourth-order valence-corrected chi connectivity index (χ4v) is 2.71. The van der Waals surface area contributed by atoms with Crippen molar-refractivity contribution in [2.24, 2.45) is 0 Å². The topological polar surface area (TPSA) is 55.4 Å². The van der Waals surface area contributed by atoms with Crippen LogP contribution in [-0.2, 0) is 14.3 Å². The molecule has 1 N–H and O–H groups in total. The van der Waals surface area contributed by atoms with Crippen LogP contribution in [0.2, 0.25) is 10.0 Å². The summed E-state index contributed by atoms with van der Waals surface area (Å²) >= 11 is 13.3. The fourth-order valence-electron chi connectivity index (χ4n) is 1.63. The van der Waals surface area contributed by atoms with Gasteiger partial charge in [-0.2, -0.15) is 11.3 Å². The lowest BCUT2D eigenvalue weighted by atomic mass is 10.3. The molecule has 1 aromatic heterocycles. The molecular weight excluding hydrogens is 357 g/mol. The highest BCUT2D eigenvalue weighted by Gasteiger charge is 2.17. The Hall–Kier alpha value is -1.82. The maximum absolute atomic E-state index is 12.0. The first-order valence-electron chi connectivity index (χ1n) is 6.62. The molecule has 1 amide bonds. The lowest BCUT2D eigenvalue weighted by Crippen LogP contribution is -2.29. The number of hydrogen-bond donors (Lipinski definition) is 1. The summed E-state index contributed by atoms with van der Waals surface area (Å²) in [6, 6.07) is 6.56. The van der Waals surface area contributed by atoms with Gasteiger partial charge in [0.2, 0.25) is 0 Å². The van der Waals surface area contributed by atoms with Crippen molar-refractivity contribution in [2.45, 2.75) is 13.0 Å². The van der Waals surface area contributed by atoms with E-state index in [1.807, 2.05) is 16.8 Å². The van der Waals surface area contributed by atoms with Crippen LogP contribution in [0.3, 0.4) is 0 Å². The molecule has 1 atom stereocenters. The standard InChI is InChI=1S/C16H13Cl2NO3S/c1-10(22-15(20)5-2-11-6-7-23-9-11)16(21)19-14-4-3-12(17)8-13(14)18/h2-10H,1H3,(H,19,21)/b5-2+/t10-/m0/s1. The Bertz CT molecular complexity index is 729. The highest BCUT2D eigenvalue weighted by Crippen LogP contribution is 2.25. The van der Waals surface area contributed by atoms with E-state index in [2.05, 4.69) is 5.32 Å². The third kappa shape index (κ3) is 5.39. The molecule has 1 aromatic carbocycles. The predicted octanol–water partition coefficient (Wildman–Crippen LogP) is 4.64. The van der Waals surface area contributed by atoms with E-state index in [0.29, 0.717) is 15.7 Å². The SMILES string of the molecule is C[C@H](OC(=O)/C=C/c1ccsc1)C(=O)Nc1ccc(Cl)cc1Cl. The van der Waals surface area contributed by atoms with Crippen molar-refractivity contribution in [3.05, 3.63) is 56.7 Å². The average Bonchev–Trinajstić information content (AvgIpc) is 3.01.